The molecule has 2 N–H and O–H groups in total. The molecule has 1 atom stereocenters. The van der Waals surface area contributed by atoms with Gasteiger partial charge in [0.2, 0.25) is 5.92 Å². The Labute approximate surface area is 105 Å². The lowest BCUT2D eigenvalue weighted by Gasteiger charge is -2.13. The maximum atomic E-state index is 12.9. The minimum Gasteiger partial charge on any atom is -0.335 e. The van der Waals surface area contributed by atoms with E-state index in [4.69, 9.17) is 0 Å². The van der Waals surface area contributed by atoms with Gasteiger partial charge in [0.25, 0.3) is 0 Å². The van der Waals surface area contributed by atoms with Crippen molar-refractivity contribution in [2.24, 2.45) is 0 Å². The summed E-state index contributed by atoms with van der Waals surface area (Å²) < 4.78 is 25.8. The molecular weight excluding hydrogens is 238 g/mol. The summed E-state index contributed by atoms with van der Waals surface area (Å²) in [6, 6.07) is 8.63. The molecule has 1 aromatic rings. The molecule has 1 unspecified atom stereocenters. The third-order valence-corrected chi connectivity index (χ3v) is 3.03. The van der Waals surface area contributed by atoms with E-state index in [1.54, 1.807) is 0 Å². The number of urea groups is 1. The van der Waals surface area contributed by atoms with Gasteiger partial charge in [-0.25, -0.2) is 13.6 Å². The molecule has 1 aromatic carbocycles. The van der Waals surface area contributed by atoms with Gasteiger partial charge in [-0.2, -0.15) is 0 Å². The molecule has 0 spiro atoms. The van der Waals surface area contributed by atoms with Gasteiger partial charge in [-0.15, -0.1) is 0 Å². The van der Waals surface area contributed by atoms with E-state index in [2.05, 4.69) is 10.6 Å². The highest BCUT2D eigenvalue weighted by molar-refractivity contribution is 5.74. The van der Waals surface area contributed by atoms with Crippen molar-refractivity contribution in [1.29, 1.82) is 0 Å². The fraction of sp³-hybridized carbons (Fsp3) is 0.462. The van der Waals surface area contributed by atoms with Crippen LogP contribution in [0.15, 0.2) is 30.3 Å². The van der Waals surface area contributed by atoms with Gasteiger partial charge in [0.1, 0.15) is 0 Å². The molecule has 0 heterocycles. The van der Waals surface area contributed by atoms with Gasteiger partial charge in [-0.3, -0.25) is 0 Å². The Morgan fingerprint density at radius 2 is 2.06 bits per heavy atom. The van der Waals surface area contributed by atoms with Crippen molar-refractivity contribution in [1.82, 2.24) is 10.6 Å². The summed E-state index contributed by atoms with van der Waals surface area (Å²) in [5.74, 6) is -2.63. The lowest BCUT2D eigenvalue weighted by atomic mass is 10.2. The third-order valence-electron chi connectivity index (χ3n) is 3.03. The van der Waals surface area contributed by atoms with Crippen LogP contribution in [-0.4, -0.2) is 18.0 Å². The molecule has 2 amide bonds. The lowest BCUT2D eigenvalue weighted by molar-refractivity contribution is 0.00732. The highest BCUT2D eigenvalue weighted by Gasteiger charge is 2.39. The van der Waals surface area contributed by atoms with Crippen molar-refractivity contribution < 1.29 is 13.6 Å². The molecule has 98 valence electrons. The molecule has 18 heavy (non-hydrogen) atoms. The third kappa shape index (κ3) is 3.68. The standard InChI is InChI=1S/C13H16F2N2O/c14-13(15)7-6-11(8-13)17-12(18)16-9-10-4-2-1-3-5-10/h1-5,11H,6-9H2,(H2,16,17,18). The topological polar surface area (TPSA) is 41.1 Å². The first-order valence-corrected chi connectivity index (χ1v) is 6.01. The van der Waals surface area contributed by atoms with Crippen molar-refractivity contribution >= 4 is 6.03 Å². The Balaban J connectivity index is 1.73. The van der Waals surface area contributed by atoms with Crippen LogP contribution in [0.3, 0.4) is 0 Å². The maximum absolute atomic E-state index is 12.9. The van der Waals surface area contributed by atoms with Crippen LogP contribution >= 0.6 is 0 Å². The fourth-order valence-electron chi connectivity index (χ4n) is 2.09. The summed E-state index contributed by atoms with van der Waals surface area (Å²) in [5, 5.41) is 5.23. The first-order valence-electron chi connectivity index (χ1n) is 6.01. The van der Waals surface area contributed by atoms with Gasteiger partial charge < -0.3 is 10.6 Å². The molecule has 1 aliphatic rings. The molecule has 0 saturated heterocycles. The molecule has 0 bridgehead atoms. The molecule has 1 saturated carbocycles. The van der Waals surface area contributed by atoms with Crippen molar-refractivity contribution in [2.45, 2.75) is 37.8 Å². The van der Waals surface area contributed by atoms with E-state index in [1.165, 1.54) is 0 Å². The Bertz CT molecular complexity index is 409. The quantitative estimate of drug-likeness (QED) is 0.855. The zero-order valence-corrected chi connectivity index (χ0v) is 9.96. The number of rotatable bonds is 3. The Hall–Kier alpha value is -1.65. The highest BCUT2D eigenvalue weighted by atomic mass is 19.3. The second-order valence-corrected chi connectivity index (χ2v) is 4.61. The highest BCUT2D eigenvalue weighted by Crippen LogP contribution is 2.34. The summed E-state index contributed by atoms with van der Waals surface area (Å²) >= 11 is 0. The number of hydrogen-bond acceptors (Lipinski definition) is 1. The predicted octanol–water partition coefficient (Wildman–Crippen LogP) is 2.67. The average Bonchev–Trinajstić information content (AvgIpc) is 2.67. The molecule has 0 aliphatic heterocycles. The summed E-state index contributed by atoms with van der Waals surface area (Å²) in [6.45, 7) is 0.399. The second-order valence-electron chi connectivity index (χ2n) is 4.61. The van der Waals surface area contributed by atoms with Crippen molar-refractivity contribution in [3.63, 3.8) is 0 Å². The zero-order chi connectivity index (χ0) is 13.0. The minimum absolute atomic E-state index is 0.142. The fourth-order valence-corrected chi connectivity index (χ4v) is 2.09. The van der Waals surface area contributed by atoms with Gasteiger partial charge in [-0.05, 0) is 12.0 Å². The smallest absolute Gasteiger partial charge is 0.315 e. The first kappa shape index (κ1) is 12.8. The van der Waals surface area contributed by atoms with Crippen LogP contribution < -0.4 is 10.6 Å². The van der Waals surface area contributed by atoms with Crippen LogP contribution in [0.1, 0.15) is 24.8 Å². The number of alkyl halides is 2. The van der Waals surface area contributed by atoms with Gasteiger partial charge in [0, 0.05) is 25.4 Å². The van der Waals surface area contributed by atoms with E-state index >= 15 is 0 Å². The summed E-state index contributed by atoms with van der Waals surface area (Å²) in [4.78, 5) is 11.5. The molecule has 3 nitrogen and oxygen atoms in total. The Morgan fingerprint density at radius 1 is 1.33 bits per heavy atom. The number of halogens is 2. The number of benzene rings is 1. The van der Waals surface area contributed by atoms with Crippen molar-refractivity contribution in [3.8, 4) is 0 Å². The molecule has 1 fully saturated rings. The number of hydrogen-bond donors (Lipinski definition) is 2. The number of carbonyl (C=O) groups excluding carboxylic acids is 1. The molecule has 5 heteroatoms. The van der Waals surface area contributed by atoms with E-state index in [1.807, 2.05) is 30.3 Å². The van der Waals surface area contributed by atoms with E-state index < -0.39 is 12.0 Å². The zero-order valence-electron chi connectivity index (χ0n) is 9.96. The van der Waals surface area contributed by atoms with Crippen molar-refractivity contribution in [2.75, 3.05) is 0 Å². The molecule has 0 aromatic heterocycles. The Morgan fingerprint density at radius 3 is 2.67 bits per heavy atom. The average molecular weight is 254 g/mol. The second kappa shape index (κ2) is 5.33. The molecule has 2 rings (SSSR count). The SMILES string of the molecule is O=C(NCc1ccccc1)NC1CCC(F)(F)C1. The van der Waals surface area contributed by atoms with Crippen LogP contribution in [0.5, 0.6) is 0 Å². The summed E-state index contributed by atoms with van der Waals surface area (Å²) in [6.07, 6.45) is -0.0614. The number of amides is 2. The van der Waals surface area contributed by atoms with E-state index in [0.29, 0.717) is 13.0 Å². The summed E-state index contributed by atoms with van der Waals surface area (Å²) in [7, 11) is 0. The van der Waals surface area contributed by atoms with Crippen LogP contribution in [0.25, 0.3) is 0 Å². The lowest BCUT2D eigenvalue weighted by Crippen LogP contribution is -2.41. The Kier molecular flexibility index (Phi) is 3.79. The predicted molar refractivity (Wildman–Crippen MR) is 64.4 cm³/mol. The summed E-state index contributed by atoms with van der Waals surface area (Å²) in [5.41, 5.74) is 0.976. The molecule has 0 radical (unpaired) electrons. The number of carbonyl (C=O) groups is 1. The normalized spacial score (nSPS) is 21.6. The largest absolute Gasteiger partial charge is 0.335 e. The van der Waals surface area contributed by atoms with Crippen LogP contribution in [0, 0.1) is 0 Å². The van der Waals surface area contributed by atoms with E-state index in [9.17, 15) is 13.6 Å². The van der Waals surface area contributed by atoms with Gasteiger partial charge in [-0.1, -0.05) is 30.3 Å². The molecular formula is C13H16F2N2O. The van der Waals surface area contributed by atoms with Gasteiger partial charge in [0.05, 0.1) is 0 Å². The van der Waals surface area contributed by atoms with E-state index in [0.717, 1.165) is 5.56 Å². The maximum Gasteiger partial charge on any atom is 0.315 e. The first-order chi connectivity index (χ1) is 8.55. The van der Waals surface area contributed by atoms with Gasteiger partial charge >= 0.3 is 6.03 Å². The van der Waals surface area contributed by atoms with E-state index in [-0.39, 0.29) is 18.9 Å². The van der Waals surface area contributed by atoms with Crippen LogP contribution in [-0.2, 0) is 6.54 Å². The van der Waals surface area contributed by atoms with Gasteiger partial charge in [0.15, 0.2) is 0 Å². The van der Waals surface area contributed by atoms with Crippen LogP contribution in [0.4, 0.5) is 13.6 Å². The monoisotopic (exact) mass is 254 g/mol. The molecule has 1 aliphatic carbocycles. The number of nitrogens with one attached hydrogen (secondary N) is 2. The van der Waals surface area contributed by atoms with Crippen LogP contribution in [0.2, 0.25) is 0 Å². The van der Waals surface area contributed by atoms with Crippen molar-refractivity contribution in [3.05, 3.63) is 35.9 Å². The minimum atomic E-state index is -2.63.